The normalized spacial score (nSPS) is 17.7. The van der Waals surface area contributed by atoms with Crippen LogP contribution >= 0.6 is 0 Å². The first-order valence-electron chi connectivity index (χ1n) is 7.94. The third-order valence-electron chi connectivity index (χ3n) is 4.78. The lowest BCUT2D eigenvalue weighted by molar-refractivity contribution is -0.139. The summed E-state index contributed by atoms with van der Waals surface area (Å²) in [7, 11) is 0. The number of nitrogens with one attached hydrogen (secondary N) is 1. The van der Waals surface area contributed by atoms with Gasteiger partial charge in [-0.1, -0.05) is 6.42 Å². The Morgan fingerprint density at radius 3 is 2.83 bits per heavy atom. The van der Waals surface area contributed by atoms with Crippen LogP contribution in [0.4, 0.5) is 8.78 Å². The Morgan fingerprint density at radius 2 is 2.13 bits per heavy atom. The van der Waals surface area contributed by atoms with E-state index in [1.165, 1.54) is 12.1 Å². The molecule has 2 heterocycles. The van der Waals surface area contributed by atoms with Crippen molar-refractivity contribution >= 4 is 5.91 Å². The third kappa shape index (κ3) is 2.52. The minimum Gasteiger partial charge on any atom is -0.340 e. The molecule has 0 atom stereocenters. The lowest BCUT2D eigenvalue weighted by Crippen LogP contribution is -2.41. The largest absolute Gasteiger partial charge is 0.340 e. The molecule has 1 saturated carbocycles. The number of aromatic nitrogens is 2. The van der Waals surface area contributed by atoms with E-state index in [2.05, 4.69) is 9.97 Å². The first-order chi connectivity index (χ1) is 11.1. The number of aromatic amines is 1. The number of amides is 1. The van der Waals surface area contributed by atoms with Crippen LogP contribution in [0.2, 0.25) is 0 Å². The molecule has 1 aliphatic heterocycles. The van der Waals surface area contributed by atoms with Gasteiger partial charge in [0.05, 0.1) is 23.5 Å². The average molecular weight is 317 g/mol. The molecule has 0 spiro atoms. The van der Waals surface area contributed by atoms with Crippen LogP contribution in [0, 0.1) is 17.6 Å². The summed E-state index contributed by atoms with van der Waals surface area (Å²) in [5.74, 6) is -0.469. The highest BCUT2D eigenvalue weighted by molar-refractivity contribution is 5.79. The Hall–Kier alpha value is -2.24. The van der Waals surface area contributed by atoms with E-state index in [0.717, 1.165) is 36.7 Å². The van der Waals surface area contributed by atoms with Gasteiger partial charge in [-0.2, -0.15) is 0 Å². The highest BCUT2D eigenvalue weighted by Crippen LogP contribution is 2.31. The van der Waals surface area contributed by atoms with Crippen molar-refractivity contribution in [2.45, 2.75) is 32.2 Å². The van der Waals surface area contributed by atoms with Crippen LogP contribution in [0.25, 0.3) is 11.4 Å². The standard InChI is InChI=1S/C17H17F2N3O/c18-11-4-5-12(13(19)8-11)16-20-14-6-7-22(9-15(14)21-16)17(23)10-2-1-3-10/h4-5,8,10H,1-3,6-7,9H2,(H,20,21). The van der Waals surface area contributed by atoms with Crippen LogP contribution in [-0.4, -0.2) is 27.3 Å². The highest BCUT2D eigenvalue weighted by Gasteiger charge is 2.32. The number of hydrogen-bond donors (Lipinski definition) is 1. The highest BCUT2D eigenvalue weighted by atomic mass is 19.1. The Balaban J connectivity index is 1.58. The van der Waals surface area contributed by atoms with E-state index in [1.54, 1.807) is 0 Å². The molecule has 1 fully saturated rings. The van der Waals surface area contributed by atoms with E-state index in [9.17, 15) is 13.6 Å². The number of halogens is 2. The van der Waals surface area contributed by atoms with Crippen molar-refractivity contribution in [3.63, 3.8) is 0 Å². The fourth-order valence-electron chi connectivity index (χ4n) is 3.20. The summed E-state index contributed by atoms with van der Waals surface area (Å²) in [5.41, 5.74) is 1.96. The summed E-state index contributed by atoms with van der Waals surface area (Å²) in [6.45, 7) is 1.14. The van der Waals surface area contributed by atoms with Gasteiger partial charge < -0.3 is 9.88 Å². The van der Waals surface area contributed by atoms with E-state index >= 15 is 0 Å². The van der Waals surface area contributed by atoms with Gasteiger partial charge in [-0.3, -0.25) is 4.79 Å². The molecule has 4 nitrogen and oxygen atoms in total. The maximum atomic E-state index is 13.9. The van der Waals surface area contributed by atoms with E-state index in [1.807, 2.05) is 4.90 Å². The van der Waals surface area contributed by atoms with Crippen molar-refractivity contribution < 1.29 is 13.6 Å². The summed E-state index contributed by atoms with van der Waals surface area (Å²) < 4.78 is 26.9. The van der Waals surface area contributed by atoms with Crippen molar-refractivity contribution in [2.75, 3.05) is 6.54 Å². The van der Waals surface area contributed by atoms with Crippen LogP contribution in [0.3, 0.4) is 0 Å². The quantitative estimate of drug-likeness (QED) is 0.925. The maximum absolute atomic E-state index is 13.9. The summed E-state index contributed by atoms with van der Waals surface area (Å²) in [5, 5.41) is 0. The fraction of sp³-hybridized carbons (Fsp3) is 0.412. The molecule has 0 saturated heterocycles. The zero-order valence-electron chi connectivity index (χ0n) is 12.6. The zero-order valence-corrected chi connectivity index (χ0v) is 12.6. The van der Waals surface area contributed by atoms with E-state index < -0.39 is 11.6 Å². The van der Waals surface area contributed by atoms with E-state index in [-0.39, 0.29) is 17.4 Å². The van der Waals surface area contributed by atoms with Gasteiger partial charge in [0.2, 0.25) is 5.91 Å². The Kier molecular flexibility index (Phi) is 3.39. The average Bonchev–Trinajstić information content (AvgIpc) is 2.87. The summed E-state index contributed by atoms with van der Waals surface area (Å²) in [4.78, 5) is 21.7. The molecule has 1 aromatic carbocycles. The van der Waals surface area contributed by atoms with Gasteiger partial charge in [0.15, 0.2) is 0 Å². The second kappa shape index (κ2) is 5.44. The number of fused-ring (bicyclic) bond motifs is 1. The number of hydrogen-bond acceptors (Lipinski definition) is 2. The number of carbonyl (C=O) groups excluding carboxylic acids is 1. The second-order valence-electron chi connectivity index (χ2n) is 6.27. The Labute approximate surface area is 132 Å². The van der Waals surface area contributed by atoms with Gasteiger partial charge in [0.1, 0.15) is 17.5 Å². The zero-order chi connectivity index (χ0) is 16.0. The van der Waals surface area contributed by atoms with E-state index in [4.69, 9.17) is 0 Å². The van der Waals surface area contributed by atoms with Gasteiger partial charge >= 0.3 is 0 Å². The number of H-pyrrole nitrogens is 1. The smallest absolute Gasteiger partial charge is 0.226 e. The first-order valence-corrected chi connectivity index (χ1v) is 7.94. The Morgan fingerprint density at radius 1 is 1.30 bits per heavy atom. The van der Waals surface area contributed by atoms with Crippen LogP contribution in [0.1, 0.15) is 30.7 Å². The number of imidazole rings is 1. The van der Waals surface area contributed by atoms with Gasteiger partial charge in [0.25, 0.3) is 0 Å². The van der Waals surface area contributed by atoms with Crippen molar-refractivity contribution in [3.8, 4) is 11.4 Å². The van der Waals surface area contributed by atoms with Crippen LogP contribution in [-0.2, 0) is 17.8 Å². The predicted molar refractivity (Wildman–Crippen MR) is 80.4 cm³/mol. The molecule has 2 aromatic rings. The second-order valence-corrected chi connectivity index (χ2v) is 6.27. The maximum Gasteiger partial charge on any atom is 0.226 e. The number of rotatable bonds is 2. The molecule has 1 amide bonds. The molecule has 1 aliphatic carbocycles. The molecular formula is C17H17F2N3O. The van der Waals surface area contributed by atoms with Crippen molar-refractivity contribution in [1.29, 1.82) is 0 Å². The van der Waals surface area contributed by atoms with Gasteiger partial charge in [-0.05, 0) is 25.0 Å². The minimum atomic E-state index is -0.640. The van der Waals surface area contributed by atoms with Crippen molar-refractivity contribution in [1.82, 2.24) is 14.9 Å². The molecule has 4 rings (SSSR count). The summed E-state index contributed by atoms with van der Waals surface area (Å²) in [6.07, 6.45) is 3.76. The predicted octanol–water partition coefficient (Wildman–Crippen LogP) is 3.04. The molecule has 2 aliphatic rings. The fourth-order valence-corrected chi connectivity index (χ4v) is 3.20. The number of carbonyl (C=O) groups is 1. The lowest BCUT2D eigenvalue weighted by Gasteiger charge is -2.33. The first kappa shape index (κ1) is 14.4. The minimum absolute atomic E-state index is 0.175. The molecule has 23 heavy (non-hydrogen) atoms. The van der Waals surface area contributed by atoms with Crippen molar-refractivity contribution in [2.24, 2.45) is 5.92 Å². The monoisotopic (exact) mass is 317 g/mol. The molecule has 1 N–H and O–H groups in total. The lowest BCUT2D eigenvalue weighted by atomic mass is 9.84. The number of benzene rings is 1. The SMILES string of the molecule is O=C(C1CCC1)N1CCc2nc(-c3ccc(F)cc3F)[nH]c2C1. The molecule has 0 bridgehead atoms. The van der Waals surface area contributed by atoms with Crippen molar-refractivity contribution in [3.05, 3.63) is 41.2 Å². The van der Waals surface area contributed by atoms with Gasteiger partial charge in [-0.25, -0.2) is 13.8 Å². The van der Waals surface area contributed by atoms with Gasteiger partial charge in [-0.15, -0.1) is 0 Å². The van der Waals surface area contributed by atoms with Gasteiger partial charge in [0, 0.05) is 24.9 Å². The van der Waals surface area contributed by atoms with Crippen LogP contribution in [0.5, 0.6) is 0 Å². The molecule has 1 aromatic heterocycles. The molecule has 120 valence electrons. The molecule has 0 unspecified atom stereocenters. The molecule has 0 radical (unpaired) electrons. The topological polar surface area (TPSA) is 49.0 Å². The van der Waals surface area contributed by atoms with Crippen LogP contribution < -0.4 is 0 Å². The summed E-state index contributed by atoms with van der Waals surface area (Å²) in [6, 6.07) is 3.45. The van der Waals surface area contributed by atoms with E-state index in [0.29, 0.717) is 25.3 Å². The number of nitrogens with zero attached hydrogens (tertiary/aromatic N) is 2. The molecule has 6 heteroatoms. The summed E-state index contributed by atoms with van der Waals surface area (Å²) >= 11 is 0. The Bertz CT molecular complexity index is 767. The molecular weight excluding hydrogens is 300 g/mol. The van der Waals surface area contributed by atoms with Crippen LogP contribution in [0.15, 0.2) is 18.2 Å². The third-order valence-corrected chi connectivity index (χ3v) is 4.78.